The summed E-state index contributed by atoms with van der Waals surface area (Å²) >= 11 is 0. The highest BCUT2D eigenvalue weighted by Gasteiger charge is 2.53. The number of nitrogens with one attached hydrogen (secondary N) is 2. The first-order valence-electron chi connectivity index (χ1n) is 26.0. The lowest BCUT2D eigenvalue weighted by molar-refractivity contribution is -0.189. The largest absolute Gasteiger partial charge is 0.497 e. The maximum Gasteiger partial charge on any atom is 0.334 e. The van der Waals surface area contributed by atoms with Gasteiger partial charge in [-0.05, 0) is 78.0 Å². The highest BCUT2D eigenvalue weighted by Crippen LogP contribution is 2.32. The van der Waals surface area contributed by atoms with E-state index < -0.39 is 24.4 Å². The van der Waals surface area contributed by atoms with E-state index in [0.29, 0.717) is 44.9 Å². The Morgan fingerprint density at radius 2 is 1.07 bits per heavy atom. The van der Waals surface area contributed by atoms with Crippen LogP contribution in [0, 0.1) is 5.92 Å². The minimum Gasteiger partial charge on any atom is -0.497 e. The number of hydrogen-bond acceptors (Lipinski definition) is 11. The van der Waals surface area contributed by atoms with Crippen LogP contribution < -0.4 is 15.4 Å². The number of carbonyl (C=O) groups is 6. The van der Waals surface area contributed by atoms with Gasteiger partial charge in [-0.3, -0.25) is 19.2 Å². The molecule has 0 aliphatic carbocycles. The topological polar surface area (TPSA) is 180 Å². The Hall–Kier alpha value is -6.28. The summed E-state index contributed by atoms with van der Waals surface area (Å²) in [7, 11) is 5.06. The minimum absolute atomic E-state index is 0.00792. The molecule has 7 atom stereocenters. The zero-order chi connectivity index (χ0) is 51.5. The first-order valence-corrected chi connectivity index (χ1v) is 26.0. The van der Waals surface area contributed by atoms with Gasteiger partial charge in [-0.2, -0.15) is 0 Å². The number of ether oxygens (including phenoxy) is 3. The second-order valence-electron chi connectivity index (χ2n) is 20.9. The van der Waals surface area contributed by atoms with E-state index >= 15 is 0 Å². The first-order chi connectivity index (χ1) is 35.2. The van der Waals surface area contributed by atoms with Crippen LogP contribution >= 0.6 is 0 Å². The molecule has 73 heavy (non-hydrogen) atoms. The number of amides is 8. The summed E-state index contributed by atoms with van der Waals surface area (Å²) < 4.78 is 17.2. The molecule has 19 nitrogen and oxygen atoms in total. The van der Waals surface area contributed by atoms with Gasteiger partial charge in [0.15, 0.2) is 0 Å². The maximum absolute atomic E-state index is 14.2. The molecule has 0 bridgehead atoms. The molecule has 0 spiro atoms. The number of methoxy groups -OCH3 is 1. The van der Waals surface area contributed by atoms with Crippen molar-refractivity contribution in [2.24, 2.45) is 5.92 Å². The summed E-state index contributed by atoms with van der Waals surface area (Å²) in [6.45, 7) is 9.21. The third-order valence-electron chi connectivity index (χ3n) is 15.3. The lowest BCUT2D eigenvalue weighted by Gasteiger charge is -2.54. The van der Waals surface area contributed by atoms with E-state index in [1.165, 1.54) is 0 Å². The van der Waals surface area contributed by atoms with Crippen molar-refractivity contribution in [2.45, 2.75) is 115 Å². The molecule has 6 saturated heterocycles. The van der Waals surface area contributed by atoms with Gasteiger partial charge in [-0.1, -0.05) is 81.4 Å². The molecular weight excluding hydrogens is 933 g/mol. The standard InChI is InChI=1S/C54H72N10O9/c1-35(2)25-45-51(67)59(29-43-9-7-23-72-43)31-47-61(45)49(65)33-57(4)63(47)53(69)55-27-38-11-17-40(18-12-38)36(3)41-19-13-39(14-20-41)28-56-54(70)64-48-32-60(30-44-10-8-24-73-44)52(68)46(62(48)50(66)34-58(64)5)26-37-15-21-42(71-6)22-16-37/h11-22,35-36,43-48H,7-10,23-34H2,1-6H3,(H,55,69)(H,56,70)/t36?,43?,44?,45-,46?,47?,48-/m0/s1. The molecule has 5 unspecified atom stereocenters. The highest BCUT2D eigenvalue weighted by molar-refractivity contribution is 5.92. The SMILES string of the molecule is COc1ccc(CC2C(=O)N(CC3CCCO3)C[C@H]3N2C(=O)CN(C)N3C(=O)NCc2ccc(C(C)c3ccc(CNC(=O)N4C5CN(CC6CCCO6)C(=O)[C@H](CC(C)C)N5C(=O)CN4C)cc3)cc2)cc1. The average Bonchev–Trinajstić information content (AvgIpc) is 4.10. The average molecular weight is 1010 g/mol. The van der Waals surface area contributed by atoms with Gasteiger partial charge in [0.1, 0.15) is 30.2 Å². The van der Waals surface area contributed by atoms with Crippen LogP contribution in [0.15, 0.2) is 72.8 Å². The van der Waals surface area contributed by atoms with Crippen LogP contribution in [0.2, 0.25) is 0 Å². The molecule has 392 valence electrons. The van der Waals surface area contributed by atoms with E-state index in [4.69, 9.17) is 14.2 Å². The first kappa shape index (κ1) is 51.6. The molecule has 0 aromatic heterocycles. The molecule has 0 radical (unpaired) electrons. The number of piperazine rings is 2. The molecule has 6 fully saturated rings. The van der Waals surface area contributed by atoms with Gasteiger partial charge in [0.2, 0.25) is 23.6 Å². The molecule has 8 amide bonds. The summed E-state index contributed by atoms with van der Waals surface area (Å²) in [6, 6.07) is 21.6. The van der Waals surface area contributed by atoms with Crippen molar-refractivity contribution in [2.75, 3.05) is 73.7 Å². The Balaban J connectivity index is 0.813. The fraction of sp³-hybridized carbons (Fsp3) is 0.556. The third-order valence-corrected chi connectivity index (χ3v) is 15.3. The number of hydrogen-bond donors (Lipinski definition) is 2. The van der Waals surface area contributed by atoms with Gasteiger partial charge >= 0.3 is 12.1 Å². The van der Waals surface area contributed by atoms with Gasteiger partial charge in [0, 0.05) is 65.8 Å². The van der Waals surface area contributed by atoms with Crippen LogP contribution in [0.1, 0.15) is 86.6 Å². The third kappa shape index (κ3) is 11.3. The van der Waals surface area contributed by atoms with Gasteiger partial charge in [0.25, 0.3) is 0 Å². The van der Waals surface area contributed by atoms with Crippen LogP contribution in [0.4, 0.5) is 9.59 Å². The van der Waals surface area contributed by atoms with Gasteiger partial charge in [-0.25, -0.2) is 29.6 Å². The monoisotopic (exact) mass is 1000 g/mol. The molecule has 6 aliphatic heterocycles. The summed E-state index contributed by atoms with van der Waals surface area (Å²) in [5, 5.41) is 12.6. The second kappa shape index (κ2) is 22.5. The molecule has 3 aromatic carbocycles. The molecule has 0 saturated carbocycles. The Kier molecular flexibility index (Phi) is 15.9. The Bertz CT molecular complexity index is 2460. The Morgan fingerprint density at radius 3 is 1.49 bits per heavy atom. The smallest absolute Gasteiger partial charge is 0.334 e. The van der Waals surface area contributed by atoms with E-state index in [9.17, 15) is 28.8 Å². The van der Waals surface area contributed by atoms with E-state index in [2.05, 4.69) is 41.8 Å². The number of rotatable bonds is 15. The van der Waals surface area contributed by atoms with Crippen molar-refractivity contribution >= 4 is 35.7 Å². The fourth-order valence-electron chi connectivity index (χ4n) is 11.4. The number of carbonyl (C=O) groups excluding carboxylic acids is 6. The van der Waals surface area contributed by atoms with Crippen molar-refractivity contribution in [3.63, 3.8) is 0 Å². The zero-order valence-corrected chi connectivity index (χ0v) is 43.1. The predicted octanol–water partition coefficient (Wildman–Crippen LogP) is 3.97. The normalized spacial score (nSPS) is 25.4. The van der Waals surface area contributed by atoms with Crippen molar-refractivity contribution in [3.05, 3.63) is 101 Å². The van der Waals surface area contributed by atoms with Crippen LogP contribution in [-0.4, -0.2) is 186 Å². The minimum atomic E-state index is -0.799. The number of benzene rings is 3. The molecule has 9 rings (SSSR count). The number of fused-ring (bicyclic) bond motifs is 2. The summed E-state index contributed by atoms with van der Waals surface area (Å²) in [4.78, 5) is 90.5. The molecule has 6 heterocycles. The fourth-order valence-corrected chi connectivity index (χ4v) is 11.4. The second-order valence-corrected chi connectivity index (χ2v) is 20.9. The predicted molar refractivity (Wildman–Crippen MR) is 270 cm³/mol. The number of likely N-dealkylation sites (N-methyl/N-ethyl adjacent to an activating group) is 2. The van der Waals surface area contributed by atoms with Crippen LogP contribution in [0.3, 0.4) is 0 Å². The number of urea groups is 2. The Morgan fingerprint density at radius 1 is 0.630 bits per heavy atom. The van der Waals surface area contributed by atoms with E-state index in [1.807, 2.05) is 62.4 Å². The van der Waals surface area contributed by atoms with Crippen molar-refractivity contribution in [3.8, 4) is 5.75 Å². The summed E-state index contributed by atoms with van der Waals surface area (Å²) in [5.41, 5.74) is 4.87. The van der Waals surface area contributed by atoms with Crippen molar-refractivity contribution < 1.29 is 43.0 Å². The van der Waals surface area contributed by atoms with Crippen molar-refractivity contribution in [1.82, 2.24) is 50.3 Å². The molecule has 6 aliphatic rings. The Labute approximate surface area is 428 Å². The van der Waals surface area contributed by atoms with E-state index in [0.717, 1.165) is 53.5 Å². The summed E-state index contributed by atoms with van der Waals surface area (Å²) in [6.07, 6.45) is 2.90. The van der Waals surface area contributed by atoms with E-state index in [-0.39, 0.29) is 99.0 Å². The summed E-state index contributed by atoms with van der Waals surface area (Å²) in [5.74, 6) is 0.300. The zero-order valence-electron chi connectivity index (χ0n) is 43.1. The maximum atomic E-state index is 14.2. The van der Waals surface area contributed by atoms with Crippen LogP contribution in [-0.2, 0) is 48.2 Å². The lowest BCUT2D eigenvalue weighted by Crippen LogP contribution is -2.76. The quantitative estimate of drug-likeness (QED) is 0.225. The lowest BCUT2D eigenvalue weighted by atomic mass is 9.92. The van der Waals surface area contributed by atoms with Gasteiger partial charge in [-0.15, -0.1) is 0 Å². The molecule has 19 heteroatoms. The van der Waals surface area contributed by atoms with Gasteiger partial charge < -0.3 is 44.4 Å². The van der Waals surface area contributed by atoms with Crippen LogP contribution in [0.25, 0.3) is 0 Å². The highest BCUT2D eigenvalue weighted by atomic mass is 16.5. The number of hydrazine groups is 2. The van der Waals surface area contributed by atoms with Crippen LogP contribution in [0.5, 0.6) is 5.75 Å². The van der Waals surface area contributed by atoms with Gasteiger partial charge in [0.05, 0.1) is 45.5 Å². The molecule has 2 N–H and O–H groups in total. The van der Waals surface area contributed by atoms with Crippen molar-refractivity contribution in [1.29, 1.82) is 0 Å². The van der Waals surface area contributed by atoms with E-state index in [1.54, 1.807) is 60.8 Å². The molecular formula is C54H72N10O9. The number of nitrogens with zero attached hydrogens (tertiary/aromatic N) is 8. The molecule has 3 aromatic rings.